The molecule has 7 heteroatoms. The average Bonchev–Trinajstić information content (AvgIpc) is 3.17. The number of hydrogen-bond acceptors (Lipinski definition) is 4. The maximum Gasteiger partial charge on any atom is 0.310 e. The molecular weight excluding hydrogens is 350 g/mol. The predicted molar refractivity (Wildman–Crippen MR) is 106 cm³/mol. The Morgan fingerprint density at radius 1 is 1.32 bits per heavy atom. The van der Waals surface area contributed by atoms with Gasteiger partial charge in [0.1, 0.15) is 6.73 Å². The lowest BCUT2D eigenvalue weighted by Crippen LogP contribution is -2.23. The van der Waals surface area contributed by atoms with Crippen LogP contribution in [0.25, 0.3) is 10.2 Å². The topological polar surface area (TPSA) is 59.9 Å². The molecule has 0 saturated heterocycles. The van der Waals surface area contributed by atoms with E-state index in [0.717, 1.165) is 22.0 Å². The van der Waals surface area contributed by atoms with Gasteiger partial charge in [-0.1, -0.05) is 44.0 Å². The molecule has 0 spiro atoms. The van der Waals surface area contributed by atoms with Gasteiger partial charge in [0.2, 0.25) is 0 Å². The molecular formula is C18H25N3O2SSi. The lowest BCUT2D eigenvalue weighted by Gasteiger charge is -2.15. The third-order valence-corrected chi connectivity index (χ3v) is 7.04. The smallest absolute Gasteiger partial charge is 0.310 e. The van der Waals surface area contributed by atoms with Crippen LogP contribution in [0.5, 0.6) is 0 Å². The number of hydrogen-bond donors (Lipinski definition) is 1. The summed E-state index contributed by atoms with van der Waals surface area (Å²) < 4.78 is 8.50. The molecule has 0 aliphatic carbocycles. The van der Waals surface area contributed by atoms with Crippen LogP contribution in [0.3, 0.4) is 0 Å². The van der Waals surface area contributed by atoms with Gasteiger partial charge in [-0.2, -0.15) is 5.10 Å². The molecule has 0 radical (unpaired) electrons. The number of rotatable bonds is 7. The molecule has 0 bridgehead atoms. The SMILES string of the molecule is CC(c1ccc2c(c1)sc(=O)n2COCC[Si](C)(C)C)c1ccn[nH]1. The fourth-order valence-electron chi connectivity index (χ4n) is 2.70. The van der Waals surface area contributed by atoms with Gasteiger partial charge in [-0.25, -0.2) is 0 Å². The van der Waals surface area contributed by atoms with Crippen molar-refractivity contribution < 1.29 is 4.74 Å². The molecule has 0 saturated carbocycles. The van der Waals surface area contributed by atoms with Crippen LogP contribution >= 0.6 is 11.3 Å². The van der Waals surface area contributed by atoms with Crippen molar-refractivity contribution in [2.75, 3.05) is 6.61 Å². The minimum Gasteiger partial charge on any atom is -0.361 e. The highest BCUT2D eigenvalue weighted by molar-refractivity contribution is 7.16. The molecule has 0 amide bonds. The van der Waals surface area contributed by atoms with Crippen LogP contribution in [0.15, 0.2) is 35.3 Å². The van der Waals surface area contributed by atoms with E-state index in [1.807, 2.05) is 12.1 Å². The van der Waals surface area contributed by atoms with Gasteiger partial charge in [-0.3, -0.25) is 14.5 Å². The van der Waals surface area contributed by atoms with Gasteiger partial charge in [0.25, 0.3) is 0 Å². The summed E-state index contributed by atoms with van der Waals surface area (Å²) in [7, 11) is -1.11. The molecule has 1 aromatic carbocycles. The van der Waals surface area contributed by atoms with Crippen molar-refractivity contribution in [3.05, 3.63) is 51.4 Å². The lowest BCUT2D eigenvalue weighted by atomic mass is 9.98. The summed E-state index contributed by atoms with van der Waals surface area (Å²) in [5.74, 6) is 0.213. The highest BCUT2D eigenvalue weighted by Gasteiger charge is 2.15. The van der Waals surface area contributed by atoms with Crippen LogP contribution in [-0.2, 0) is 11.5 Å². The molecule has 25 heavy (non-hydrogen) atoms. The first-order chi connectivity index (χ1) is 11.8. The molecule has 1 atom stereocenters. The Hall–Kier alpha value is -1.70. The first-order valence-electron chi connectivity index (χ1n) is 8.55. The zero-order valence-electron chi connectivity index (χ0n) is 15.2. The Labute approximate surface area is 152 Å². The van der Waals surface area contributed by atoms with E-state index in [-0.39, 0.29) is 10.8 Å². The van der Waals surface area contributed by atoms with Crippen LogP contribution < -0.4 is 4.87 Å². The first kappa shape index (κ1) is 18.1. The molecule has 1 N–H and O–H groups in total. The fraction of sp³-hybridized carbons (Fsp3) is 0.444. The maximum atomic E-state index is 12.3. The number of nitrogens with zero attached hydrogens (tertiary/aromatic N) is 2. The molecule has 2 heterocycles. The largest absolute Gasteiger partial charge is 0.361 e. The van der Waals surface area contributed by atoms with E-state index in [1.54, 1.807) is 10.8 Å². The Bertz CT molecular complexity index is 893. The molecule has 3 aromatic rings. The zero-order chi connectivity index (χ0) is 18.0. The minimum absolute atomic E-state index is 0.0364. The van der Waals surface area contributed by atoms with E-state index in [1.165, 1.54) is 16.9 Å². The van der Waals surface area contributed by atoms with E-state index in [4.69, 9.17) is 4.74 Å². The highest BCUT2D eigenvalue weighted by Crippen LogP contribution is 2.27. The quantitative estimate of drug-likeness (QED) is 0.496. The number of aromatic nitrogens is 3. The van der Waals surface area contributed by atoms with Gasteiger partial charge in [0.15, 0.2) is 0 Å². The van der Waals surface area contributed by atoms with Crippen molar-refractivity contribution in [3.8, 4) is 0 Å². The van der Waals surface area contributed by atoms with Crippen molar-refractivity contribution in [1.29, 1.82) is 0 Å². The third kappa shape index (κ3) is 4.29. The third-order valence-electron chi connectivity index (χ3n) is 4.40. The maximum absolute atomic E-state index is 12.3. The standard InChI is InChI=1S/C18H25N3O2SSi/c1-13(15-7-8-19-20-15)14-5-6-16-17(11-14)24-18(22)21(16)12-23-9-10-25(2,3)4/h5-8,11,13H,9-10,12H2,1-4H3,(H,19,20). The van der Waals surface area contributed by atoms with E-state index in [9.17, 15) is 4.79 Å². The Kier molecular flexibility index (Phi) is 5.26. The zero-order valence-corrected chi connectivity index (χ0v) is 17.0. The minimum atomic E-state index is -1.11. The van der Waals surface area contributed by atoms with Crippen LogP contribution in [0.1, 0.15) is 24.1 Å². The summed E-state index contributed by atoms with van der Waals surface area (Å²) in [5.41, 5.74) is 3.19. The van der Waals surface area contributed by atoms with Gasteiger partial charge in [0, 0.05) is 32.5 Å². The second-order valence-corrected chi connectivity index (χ2v) is 14.2. The van der Waals surface area contributed by atoms with E-state index in [0.29, 0.717) is 13.3 Å². The van der Waals surface area contributed by atoms with Crippen LogP contribution in [0.4, 0.5) is 0 Å². The predicted octanol–water partition coefficient (Wildman–Crippen LogP) is 4.25. The van der Waals surface area contributed by atoms with Crippen LogP contribution in [0, 0.1) is 0 Å². The van der Waals surface area contributed by atoms with Crippen LogP contribution in [0.2, 0.25) is 25.7 Å². The summed E-state index contributed by atoms with van der Waals surface area (Å²) in [6, 6.07) is 9.30. The summed E-state index contributed by atoms with van der Waals surface area (Å²) in [6.45, 7) is 10.2. The van der Waals surface area contributed by atoms with Crippen molar-refractivity contribution in [2.45, 2.75) is 45.3 Å². The number of H-pyrrole nitrogens is 1. The molecule has 5 nitrogen and oxygen atoms in total. The van der Waals surface area contributed by atoms with Crippen molar-refractivity contribution in [1.82, 2.24) is 14.8 Å². The number of ether oxygens (including phenoxy) is 1. The van der Waals surface area contributed by atoms with Gasteiger partial charge in [-0.15, -0.1) is 0 Å². The molecule has 0 aliphatic heterocycles. The average molecular weight is 376 g/mol. The molecule has 3 rings (SSSR count). The van der Waals surface area contributed by atoms with E-state index >= 15 is 0 Å². The monoisotopic (exact) mass is 375 g/mol. The summed E-state index contributed by atoms with van der Waals surface area (Å²) in [4.78, 5) is 12.4. The number of benzene rings is 1. The van der Waals surface area contributed by atoms with Crippen molar-refractivity contribution >= 4 is 29.6 Å². The summed E-state index contributed by atoms with van der Waals surface area (Å²) in [5, 5.41) is 7.03. The van der Waals surface area contributed by atoms with E-state index < -0.39 is 8.07 Å². The Morgan fingerprint density at radius 2 is 2.12 bits per heavy atom. The number of fused-ring (bicyclic) bond motifs is 1. The first-order valence-corrected chi connectivity index (χ1v) is 13.1. The lowest BCUT2D eigenvalue weighted by molar-refractivity contribution is 0.0888. The second-order valence-electron chi connectivity index (χ2n) is 7.60. The number of nitrogens with one attached hydrogen (secondary N) is 1. The van der Waals surface area contributed by atoms with Crippen LogP contribution in [-0.4, -0.2) is 29.4 Å². The highest BCUT2D eigenvalue weighted by atomic mass is 32.1. The van der Waals surface area contributed by atoms with Gasteiger partial charge in [0.05, 0.1) is 10.2 Å². The molecule has 0 fully saturated rings. The molecule has 2 aromatic heterocycles. The fourth-order valence-corrected chi connectivity index (χ4v) is 4.38. The van der Waals surface area contributed by atoms with Crippen molar-refractivity contribution in [3.63, 3.8) is 0 Å². The van der Waals surface area contributed by atoms with Crippen molar-refractivity contribution in [2.24, 2.45) is 0 Å². The number of aromatic amines is 1. The molecule has 0 aliphatic rings. The Morgan fingerprint density at radius 3 is 2.80 bits per heavy atom. The Balaban J connectivity index is 1.78. The molecule has 134 valence electrons. The van der Waals surface area contributed by atoms with E-state index in [2.05, 4.69) is 48.9 Å². The second kappa shape index (κ2) is 7.27. The number of thiazole rings is 1. The molecule has 1 unspecified atom stereocenters. The van der Waals surface area contributed by atoms with Gasteiger partial charge >= 0.3 is 4.87 Å². The summed E-state index contributed by atoms with van der Waals surface area (Å²) in [6.07, 6.45) is 1.76. The van der Waals surface area contributed by atoms with Gasteiger partial charge in [-0.05, 0) is 29.8 Å². The van der Waals surface area contributed by atoms with Gasteiger partial charge < -0.3 is 4.74 Å². The normalized spacial score (nSPS) is 13.4. The summed E-state index contributed by atoms with van der Waals surface area (Å²) >= 11 is 1.28.